The Morgan fingerprint density at radius 2 is 2.75 bits per heavy atom. The minimum atomic E-state index is 0.0509. The highest BCUT2D eigenvalue weighted by Gasteiger charge is 2.12. The third kappa shape index (κ3) is 1.39. The smallest absolute Gasteiger partial charge is 0.134 e. The van der Waals surface area contributed by atoms with Crippen molar-refractivity contribution in [3.63, 3.8) is 0 Å². The number of hydrogen-bond acceptors (Lipinski definition) is 2. The third-order valence-electron chi connectivity index (χ3n) is 0.974. The van der Waals surface area contributed by atoms with Gasteiger partial charge in [-0.25, -0.2) is 0 Å². The van der Waals surface area contributed by atoms with Crippen molar-refractivity contribution in [3.8, 4) is 0 Å². The number of halogens is 1. The van der Waals surface area contributed by atoms with E-state index in [9.17, 15) is 0 Å². The van der Waals surface area contributed by atoms with E-state index in [1.165, 1.54) is 5.04 Å². The maximum atomic E-state index is 5.68. The van der Waals surface area contributed by atoms with Gasteiger partial charge in [-0.15, -0.1) is 11.8 Å². The first-order chi connectivity index (χ1) is 3.83. The molecule has 0 fully saturated rings. The molecule has 1 atom stereocenters. The van der Waals surface area contributed by atoms with Crippen LogP contribution in [0.5, 0.6) is 0 Å². The molecule has 1 unspecified atom stereocenters. The van der Waals surface area contributed by atoms with Crippen LogP contribution >= 0.6 is 23.4 Å². The van der Waals surface area contributed by atoms with Gasteiger partial charge in [0.15, 0.2) is 0 Å². The zero-order valence-corrected chi connectivity index (χ0v) is 6.30. The molecular formula is C5H8ClNS. The lowest BCUT2D eigenvalue weighted by molar-refractivity contribution is 1.06. The van der Waals surface area contributed by atoms with Crippen LogP contribution in [0.2, 0.25) is 0 Å². The van der Waals surface area contributed by atoms with E-state index >= 15 is 0 Å². The monoisotopic (exact) mass is 149 g/mol. The van der Waals surface area contributed by atoms with Crippen LogP contribution in [0.4, 0.5) is 0 Å². The summed E-state index contributed by atoms with van der Waals surface area (Å²) in [4.78, 5) is 4.15. The molecule has 0 radical (unpaired) electrons. The molecule has 0 saturated heterocycles. The molecule has 1 aliphatic heterocycles. The van der Waals surface area contributed by atoms with Crippen molar-refractivity contribution in [2.75, 3.05) is 5.75 Å². The van der Waals surface area contributed by atoms with Crippen LogP contribution in [0, 0.1) is 0 Å². The highest BCUT2D eigenvalue weighted by atomic mass is 35.5. The van der Waals surface area contributed by atoms with Gasteiger partial charge in [0.05, 0.1) is 5.04 Å². The molecule has 0 bridgehead atoms. The molecule has 0 aliphatic carbocycles. The van der Waals surface area contributed by atoms with Crippen LogP contribution in [0.3, 0.4) is 0 Å². The van der Waals surface area contributed by atoms with Gasteiger partial charge in [0.1, 0.15) is 5.50 Å². The molecule has 3 heteroatoms. The summed E-state index contributed by atoms with van der Waals surface area (Å²) in [5.41, 5.74) is 0.0509. The molecule has 0 aromatic rings. The van der Waals surface area contributed by atoms with Crippen LogP contribution in [-0.2, 0) is 0 Å². The Labute approximate surface area is 58.5 Å². The summed E-state index contributed by atoms with van der Waals surface area (Å²) in [6.45, 7) is 2.10. The first kappa shape index (κ1) is 6.43. The zero-order valence-electron chi connectivity index (χ0n) is 4.72. The fourth-order valence-corrected chi connectivity index (χ4v) is 1.76. The molecule has 0 spiro atoms. The summed E-state index contributed by atoms with van der Waals surface area (Å²) in [6.07, 6.45) is 1.04. The van der Waals surface area contributed by atoms with Crippen molar-refractivity contribution in [1.82, 2.24) is 0 Å². The molecule has 0 amide bonds. The molecule has 0 saturated carbocycles. The fourth-order valence-electron chi connectivity index (χ4n) is 0.589. The molecule has 1 heterocycles. The lowest BCUT2D eigenvalue weighted by Gasteiger charge is -1.85. The summed E-state index contributed by atoms with van der Waals surface area (Å²) in [7, 11) is 0. The highest BCUT2D eigenvalue weighted by molar-refractivity contribution is 8.14. The van der Waals surface area contributed by atoms with Gasteiger partial charge in [-0.2, -0.15) is 0 Å². The van der Waals surface area contributed by atoms with Crippen molar-refractivity contribution >= 4 is 28.4 Å². The largest absolute Gasteiger partial charge is 0.263 e. The van der Waals surface area contributed by atoms with E-state index in [4.69, 9.17) is 11.6 Å². The Morgan fingerprint density at radius 3 is 3.00 bits per heavy atom. The topological polar surface area (TPSA) is 12.4 Å². The van der Waals surface area contributed by atoms with Crippen LogP contribution in [-0.4, -0.2) is 16.3 Å². The van der Waals surface area contributed by atoms with Gasteiger partial charge in [-0.05, 0) is 6.42 Å². The van der Waals surface area contributed by atoms with E-state index in [0.29, 0.717) is 0 Å². The molecule has 0 aromatic carbocycles. The van der Waals surface area contributed by atoms with Gasteiger partial charge in [0.2, 0.25) is 0 Å². The molecule has 1 rings (SSSR count). The fraction of sp³-hybridized carbons (Fsp3) is 0.800. The van der Waals surface area contributed by atoms with Crippen LogP contribution in [0.25, 0.3) is 0 Å². The number of hydrogen-bond donors (Lipinski definition) is 0. The number of aliphatic imine (C=N–C) groups is 1. The normalized spacial score (nSPS) is 28.2. The van der Waals surface area contributed by atoms with E-state index in [2.05, 4.69) is 11.9 Å². The molecular weight excluding hydrogens is 142 g/mol. The maximum Gasteiger partial charge on any atom is 0.134 e. The first-order valence-electron chi connectivity index (χ1n) is 2.66. The van der Waals surface area contributed by atoms with Gasteiger partial charge < -0.3 is 0 Å². The van der Waals surface area contributed by atoms with Crippen molar-refractivity contribution in [2.45, 2.75) is 18.8 Å². The zero-order chi connectivity index (χ0) is 5.98. The number of rotatable bonds is 1. The maximum absolute atomic E-state index is 5.68. The van der Waals surface area contributed by atoms with Crippen LogP contribution < -0.4 is 0 Å². The van der Waals surface area contributed by atoms with Gasteiger partial charge in [0, 0.05) is 5.75 Å². The number of nitrogens with zero attached hydrogens (tertiary/aromatic N) is 1. The Balaban J connectivity index is 2.44. The summed E-state index contributed by atoms with van der Waals surface area (Å²) < 4.78 is 0. The summed E-state index contributed by atoms with van der Waals surface area (Å²) in [6, 6.07) is 0. The minimum Gasteiger partial charge on any atom is -0.263 e. The second kappa shape index (κ2) is 2.74. The second-order valence-electron chi connectivity index (χ2n) is 1.62. The minimum absolute atomic E-state index is 0.0509. The number of thioether (sulfide) groups is 1. The quantitative estimate of drug-likeness (QED) is 0.411. The summed E-state index contributed by atoms with van der Waals surface area (Å²) >= 11 is 7.45. The average molecular weight is 150 g/mol. The second-order valence-corrected chi connectivity index (χ2v) is 3.22. The standard InChI is InChI=1S/C5H8ClNS/c1-2-5-7-4(6)3-8-5/h4H,2-3H2,1H3. The van der Waals surface area contributed by atoms with Gasteiger partial charge in [0.25, 0.3) is 0 Å². The van der Waals surface area contributed by atoms with Crippen LogP contribution in [0.1, 0.15) is 13.3 Å². The Hall–Kier alpha value is 0.310. The van der Waals surface area contributed by atoms with E-state index < -0.39 is 0 Å². The lowest BCUT2D eigenvalue weighted by Crippen LogP contribution is -1.87. The predicted molar refractivity (Wildman–Crippen MR) is 39.8 cm³/mol. The van der Waals surface area contributed by atoms with Crippen molar-refractivity contribution in [3.05, 3.63) is 0 Å². The van der Waals surface area contributed by atoms with Gasteiger partial charge in [-0.1, -0.05) is 18.5 Å². The highest BCUT2D eigenvalue weighted by Crippen LogP contribution is 2.21. The van der Waals surface area contributed by atoms with E-state index in [1.54, 1.807) is 11.8 Å². The molecule has 0 N–H and O–H groups in total. The third-order valence-corrected chi connectivity index (χ3v) is 2.62. The van der Waals surface area contributed by atoms with Crippen molar-refractivity contribution < 1.29 is 0 Å². The van der Waals surface area contributed by atoms with Crippen molar-refractivity contribution in [2.24, 2.45) is 4.99 Å². The first-order valence-corrected chi connectivity index (χ1v) is 4.08. The summed E-state index contributed by atoms with van der Waals surface area (Å²) in [5, 5.41) is 1.20. The molecule has 0 aromatic heterocycles. The van der Waals surface area contributed by atoms with Gasteiger partial charge in [-0.3, -0.25) is 4.99 Å². The SMILES string of the molecule is CCC1=NC(Cl)CS1. The molecule has 8 heavy (non-hydrogen) atoms. The molecule has 1 nitrogen and oxygen atoms in total. The summed E-state index contributed by atoms with van der Waals surface area (Å²) in [5.74, 6) is 0.963. The predicted octanol–water partition coefficient (Wildman–Crippen LogP) is 2.11. The Morgan fingerprint density at radius 1 is 2.00 bits per heavy atom. The molecule has 46 valence electrons. The van der Waals surface area contributed by atoms with E-state index in [1.807, 2.05) is 0 Å². The average Bonchev–Trinajstić information content (AvgIpc) is 2.14. The molecule has 1 aliphatic rings. The Bertz CT molecular complexity index is 113. The number of alkyl halides is 1. The Kier molecular flexibility index (Phi) is 2.20. The lowest BCUT2D eigenvalue weighted by atomic mass is 10.5. The van der Waals surface area contributed by atoms with Crippen LogP contribution in [0.15, 0.2) is 4.99 Å². The van der Waals surface area contributed by atoms with Crippen molar-refractivity contribution in [1.29, 1.82) is 0 Å². The van der Waals surface area contributed by atoms with Gasteiger partial charge >= 0.3 is 0 Å². The van der Waals surface area contributed by atoms with E-state index in [0.717, 1.165) is 12.2 Å². The van der Waals surface area contributed by atoms with E-state index in [-0.39, 0.29) is 5.50 Å².